The summed E-state index contributed by atoms with van der Waals surface area (Å²) in [6.07, 6.45) is 1.60. The molecule has 0 saturated carbocycles. The first kappa shape index (κ1) is 15.0. The summed E-state index contributed by atoms with van der Waals surface area (Å²) in [6.45, 7) is 10.9. The fraction of sp³-hybridized carbons (Fsp3) is 0.857. The molecule has 2 atom stereocenters. The van der Waals surface area contributed by atoms with Crippen LogP contribution in [0.25, 0.3) is 0 Å². The zero-order valence-corrected chi connectivity index (χ0v) is 12.2. The largest absolute Gasteiger partial charge is 0.343 e. The van der Waals surface area contributed by atoms with Crippen molar-refractivity contribution in [2.75, 3.05) is 6.54 Å². The Morgan fingerprint density at radius 3 is 2.28 bits per heavy atom. The molecule has 0 aromatic rings. The van der Waals surface area contributed by atoms with Gasteiger partial charge in [-0.15, -0.1) is 0 Å². The Kier molecular flexibility index (Phi) is 5.17. The summed E-state index contributed by atoms with van der Waals surface area (Å²) in [5, 5.41) is 2.83. The van der Waals surface area contributed by atoms with Crippen molar-refractivity contribution in [2.24, 2.45) is 11.8 Å². The molecule has 18 heavy (non-hydrogen) atoms. The summed E-state index contributed by atoms with van der Waals surface area (Å²) in [5.41, 5.74) is 0. The van der Waals surface area contributed by atoms with Gasteiger partial charge in [-0.1, -0.05) is 34.6 Å². The number of hydrogen-bond acceptors (Lipinski definition) is 2. The van der Waals surface area contributed by atoms with Crippen LogP contribution in [0, 0.1) is 11.8 Å². The van der Waals surface area contributed by atoms with Crippen LogP contribution in [-0.4, -0.2) is 35.3 Å². The standard InChI is InChI=1S/C14H26N2O2/c1-6-11-14(18)16(8-7-9(2)3)12(10(4)5)13(17)15-11/h9-12H,6-8H2,1-5H3,(H,15,17). The van der Waals surface area contributed by atoms with Gasteiger partial charge < -0.3 is 10.2 Å². The van der Waals surface area contributed by atoms with E-state index in [0.717, 1.165) is 6.42 Å². The molecule has 1 aliphatic heterocycles. The molecular weight excluding hydrogens is 228 g/mol. The van der Waals surface area contributed by atoms with Crippen LogP contribution in [0.3, 0.4) is 0 Å². The molecule has 0 spiro atoms. The van der Waals surface area contributed by atoms with Gasteiger partial charge in [0, 0.05) is 6.54 Å². The molecule has 0 bridgehead atoms. The van der Waals surface area contributed by atoms with E-state index in [-0.39, 0.29) is 29.8 Å². The van der Waals surface area contributed by atoms with Gasteiger partial charge >= 0.3 is 0 Å². The molecule has 1 rings (SSSR count). The highest BCUT2D eigenvalue weighted by atomic mass is 16.2. The van der Waals surface area contributed by atoms with E-state index < -0.39 is 0 Å². The van der Waals surface area contributed by atoms with Crippen molar-refractivity contribution in [1.82, 2.24) is 10.2 Å². The average Bonchev–Trinajstić information content (AvgIpc) is 2.28. The predicted molar refractivity (Wildman–Crippen MR) is 72.0 cm³/mol. The first-order valence-corrected chi connectivity index (χ1v) is 6.99. The number of amides is 2. The zero-order chi connectivity index (χ0) is 13.9. The first-order chi connectivity index (χ1) is 8.38. The van der Waals surface area contributed by atoms with Crippen LogP contribution in [0.4, 0.5) is 0 Å². The van der Waals surface area contributed by atoms with Gasteiger partial charge in [0.25, 0.3) is 0 Å². The summed E-state index contributed by atoms with van der Waals surface area (Å²) >= 11 is 0. The van der Waals surface area contributed by atoms with Gasteiger partial charge in [0.05, 0.1) is 0 Å². The van der Waals surface area contributed by atoms with Crippen molar-refractivity contribution in [3.05, 3.63) is 0 Å². The Morgan fingerprint density at radius 2 is 1.83 bits per heavy atom. The number of rotatable bonds is 5. The lowest BCUT2D eigenvalue weighted by Crippen LogP contribution is -2.64. The fourth-order valence-corrected chi connectivity index (χ4v) is 2.38. The van der Waals surface area contributed by atoms with E-state index >= 15 is 0 Å². The van der Waals surface area contributed by atoms with Crippen molar-refractivity contribution in [2.45, 2.75) is 59.5 Å². The lowest BCUT2D eigenvalue weighted by Gasteiger charge is -2.41. The van der Waals surface area contributed by atoms with E-state index in [4.69, 9.17) is 0 Å². The van der Waals surface area contributed by atoms with Crippen molar-refractivity contribution >= 4 is 11.8 Å². The third-order valence-corrected chi connectivity index (χ3v) is 3.49. The van der Waals surface area contributed by atoms with Crippen LogP contribution in [0.1, 0.15) is 47.5 Å². The second kappa shape index (κ2) is 6.21. The predicted octanol–water partition coefficient (Wildman–Crippen LogP) is 1.79. The summed E-state index contributed by atoms with van der Waals surface area (Å²) in [5.74, 6) is 0.770. The number of piperazine rings is 1. The molecule has 2 amide bonds. The SMILES string of the molecule is CCC1NC(=O)C(C(C)C)N(CCC(C)C)C1=O. The molecule has 1 saturated heterocycles. The third kappa shape index (κ3) is 3.24. The minimum atomic E-state index is -0.334. The van der Waals surface area contributed by atoms with Crippen LogP contribution >= 0.6 is 0 Å². The summed E-state index contributed by atoms with van der Waals surface area (Å²) in [6, 6.07) is -0.640. The van der Waals surface area contributed by atoms with Crippen molar-refractivity contribution in [1.29, 1.82) is 0 Å². The second-order valence-corrected chi connectivity index (χ2v) is 5.87. The maximum Gasteiger partial charge on any atom is 0.245 e. The summed E-state index contributed by atoms with van der Waals surface area (Å²) < 4.78 is 0. The van der Waals surface area contributed by atoms with Gasteiger partial charge in [-0.05, 0) is 24.7 Å². The summed E-state index contributed by atoms with van der Waals surface area (Å²) in [7, 11) is 0. The van der Waals surface area contributed by atoms with Gasteiger partial charge in [-0.2, -0.15) is 0 Å². The summed E-state index contributed by atoms with van der Waals surface area (Å²) in [4.78, 5) is 26.2. The van der Waals surface area contributed by atoms with Crippen LogP contribution in [0.5, 0.6) is 0 Å². The van der Waals surface area contributed by atoms with Gasteiger partial charge in [0.2, 0.25) is 11.8 Å². The van der Waals surface area contributed by atoms with E-state index in [1.807, 2.05) is 20.8 Å². The first-order valence-electron chi connectivity index (χ1n) is 6.99. The van der Waals surface area contributed by atoms with Crippen molar-refractivity contribution in [3.63, 3.8) is 0 Å². The molecule has 1 aliphatic rings. The Labute approximate surface area is 110 Å². The number of hydrogen-bond donors (Lipinski definition) is 1. The maximum absolute atomic E-state index is 12.3. The molecule has 4 heteroatoms. The van der Waals surface area contributed by atoms with Crippen LogP contribution in [-0.2, 0) is 9.59 Å². The topological polar surface area (TPSA) is 49.4 Å². The average molecular weight is 254 g/mol. The maximum atomic E-state index is 12.3. The van der Waals surface area contributed by atoms with Crippen molar-refractivity contribution in [3.8, 4) is 0 Å². The van der Waals surface area contributed by atoms with E-state index in [1.54, 1.807) is 4.90 Å². The van der Waals surface area contributed by atoms with Gasteiger partial charge in [0.1, 0.15) is 12.1 Å². The Balaban J connectivity index is 2.87. The Morgan fingerprint density at radius 1 is 1.22 bits per heavy atom. The van der Waals surface area contributed by atoms with E-state index in [0.29, 0.717) is 18.9 Å². The highest BCUT2D eigenvalue weighted by Gasteiger charge is 2.40. The van der Waals surface area contributed by atoms with Crippen LogP contribution in [0.2, 0.25) is 0 Å². The molecule has 1 N–H and O–H groups in total. The molecule has 1 fully saturated rings. The Hall–Kier alpha value is -1.06. The fourth-order valence-electron chi connectivity index (χ4n) is 2.38. The molecule has 4 nitrogen and oxygen atoms in total. The quantitative estimate of drug-likeness (QED) is 0.813. The Bertz CT molecular complexity index is 313. The molecule has 0 radical (unpaired) electrons. The zero-order valence-electron chi connectivity index (χ0n) is 12.2. The van der Waals surface area contributed by atoms with Crippen LogP contribution in [0.15, 0.2) is 0 Å². The number of nitrogens with one attached hydrogen (secondary N) is 1. The molecule has 1 heterocycles. The van der Waals surface area contributed by atoms with E-state index in [1.165, 1.54) is 0 Å². The molecule has 2 unspecified atom stereocenters. The lowest BCUT2D eigenvalue weighted by molar-refractivity contribution is -0.151. The molecule has 0 aromatic carbocycles. The van der Waals surface area contributed by atoms with Crippen LogP contribution < -0.4 is 5.32 Å². The van der Waals surface area contributed by atoms with E-state index in [2.05, 4.69) is 19.2 Å². The number of nitrogens with zero attached hydrogens (tertiary/aromatic N) is 1. The number of carbonyl (C=O) groups is 2. The third-order valence-electron chi connectivity index (χ3n) is 3.49. The minimum Gasteiger partial charge on any atom is -0.343 e. The second-order valence-electron chi connectivity index (χ2n) is 5.87. The molecular formula is C14H26N2O2. The van der Waals surface area contributed by atoms with Gasteiger partial charge in [0.15, 0.2) is 0 Å². The lowest BCUT2D eigenvalue weighted by atomic mass is 9.95. The minimum absolute atomic E-state index is 0.000191. The van der Waals surface area contributed by atoms with Crippen molar-refractivity contribution < 1.29 is 9.59 Å². The molecule has 0 aromatic heterocycles. The highest BCUT2D eigenvalue weighted by Crippen LogP contribution is 2.20. The molecule has 104 valence electrons. The van der Waals surface area contributed by atoms with Gasteiger partial charge in [-0.25, -0.2) is 0 Å². The smallest absolute Gasteiger partial charge is 0.245 e. The monoisotopic (exact) mass is 254 g/mol. The normalized spacial score (nSPS) is 24.9. The van der Waals surface area contributed by atoms with Gasteiger partial charge in [-0.3, -0.25) is 9.59 Å². The number of carbonyl (C=O) groups excluding carboxylic acids is 2. The highest BCUT2D eigenvalue weighted by molar-refractivity contribution is 5.97. The molecule has 0 aliphatic carbocycles. The van der Waals surface area contributed by atoms with E-state index in [9.17, 15) is 9.59 Å².